The number of likely N-dealkylation sites (N-methyl/N-ethyl adjacent to an activating group) is 1. The zero-order valence-electron chi connectivity index (χ0n) is 13.7. The molecular formula is C19H17BrN2O3. The van der Waals surface area contributed by atoms with E-state index in [2.05, 4.69) is 21.2 Å². The van der Waals surface area contributed by atoms with E-state index in [1.54, 1.807) is 60.5 Å². The average Bonchev–Trinajstić information content (AvgIpc) is 2.92. The van der Waals surface area contributed by atoms with Crippen LogP contribution in [0.3, 0.4) is 0 Å². The fraction of sp³-hybridized carbons (Fsp3) is 0.211. The van der Waals surface area contributed by atoms with E-state index in [0.29, 0.717) is 23.2 Å². The first-order valence-electron chi connectivity index (χ1n) is 7.90. The van der Waals surface area contributed by atoms with Crippen molar-refractivity contribution in [2.75, 3.05) is 13.6 Å². The van der Waals surface area contributed by atoms with Gasteiger partial charge in [0.05, 0.1) is 11.6 Å². The third-order valence-electron chi connectivity index (χ3n) is 4.20. The van der Waals surface area contributed by atoms with E-state index >= 15 is 0 Å². The molecule has 1 aliphatic heterocycles. The quantitative estimate of drug-likeness (QED) is 0.802. The molecule has 128 valence electrons. The fourth-order valence-corrected chi connectivity index (χ4v) is 3.12. The Morgan fingerprint density at radius 1 is 1.08 bits per heavy atom. The highest BCUT2D eigenvalue weighted by Crippen LogP contribution is 2.18. The summed E-state index contributed by atoms with van der Waals surface area (Å²) in [6.07, 6.45) is 0.283. The van der Waals surface area contributed by atoms with Crippen molar-refractivity contribution in [2.45, 2.75) is 12.5 Å². The van der Waals surface area contributed by atoms with Crippen molar-refractivity contribution in [1.82, 2.24) is 10.2 Å². The molecule has 1 atom stereocenters. The third kappa shape index (κ3) is 3.79. The van der Waals surface area contributed by atoms with E-state index in [9.17, 15) is 14.4 Å². The van der Waals surface area contributed by atoms with Crippen LogP contribution >= 0.6 is 15.9 Å². The van der Waals surface area contributed by atoms with E-state index in [4.69, 9.17) is 0 Å². The lowest BCUT2D eigenvalue weighted by atomic mass is 9.97. The van der Waals surface area contributed by atoms with Gasteiger partial charge in [-0.3, -0.25) is 14.4 Å². The molecule has 1 heterocycles. The molecule has 5 nitrogen and oxygen atoms in total. The van der Waals surface area contributed by atoms with Crippen LogP contribution in [0, 0.1) is 0 Å². The number of rotatable bonds is 4. The van der Waals surface area contributed by atoms with Gasteiger partial charge in [0, 0.05) is 35.6 Å². The molecular weight excluding hydrogens is 384 g/mol. The number of carbonyl (C=O) groups is 3. The fourth-order valence-electron chi connectivity index (χ4n) is 2.86. The molecule has 0 aromatic heterocycles. The maximum absolute atomic E-state index is 12.8. The first-order valence-corrected chi connectivity index (χ1v) is 8.69. The Morgan fingerprint density at radius 2 is 1.72 bits per heavy atom. The minimum Gasteiger partial charge on any atom is -0.347 e. The van der Waals surface area contributed by atoms with E-state index in [1.165, 1.54) is 0 Å². The van der Waals surface area contributed by atoms with Crippen molar-refractivity contribution in [2.24, 2.45) is 0 Å². The van der Waals surface area contributed by atoms with Crippen LogP contribution in [0.15, 0.2) is 53.0 Å². The summed E-state index contributed by atoms with van der Waals surface area (Å²) in [5.41, 5.74) is 1.18. The lowest BCUT2D eigenvalue weighted by Gasteiger charge is -2.14. The van der Waals surface area contributed by atoms with E-state index in [0.717, 1.165) is 4.47 Å². The SMILES string of the molecule is CN1CC(NC(=O)c2ccccc2C(=O)c2ccc(Br)cc2)CC1=O. The Morgan fingerprint density at radius 3 is 2.32 bits per heavy atom. The summed E-state index contributed by atoms with van der Waals surface area (Å²) in [6.45, 7) is 0.480. The zero-order valence-corrected chi connectivity index (χ0v) is 15.2. The summed E-state index contributed by atoms with van der Waals surface area (Å²) in [5, 5.41) is 2.85. The van der Waals surface area contributed by atoms with Crippen LogP contribution in [0.5, 0.6) is 0 Å². The van der Waals surface area contributed by atoms with Crippen LogP contribution in [0.4, 0.5) is 0 Å². The molecule has 6 heteroatoms. The van der Waals surface area contributed by atoms with E-state index in [1.807, 2.05) is 0 Å². The highest BCUT2D eigenvalue weighted by atomic mass is 79.9. The normalized spacial score (nSPS) is 16.8. The van der Waals surface area contributed by atoms with Gasteiger partial charge in [-0.2, -0.15) is 0 Å². The van der Waals surface area contributed by atoms with Gasteiger partial charge >= 0.3 is 0 Å². The Bertz CT molecular complexity index is 833. The molecule has 25 heavy (non-hydrogen) atoms. The predicted octanol–water partition coefficient (Wildman–Crippen LogP) is 2.64. The Kier molecular flexibility index (Phi) is 4.99. The number of nitrogens with one attached hydrogen (secondary N) is 1. The van der Waals surface area contributed by atoms with Crippen molar-refractivity contribution in [3.8, 4) is 0 Å². The van der Waals surface area contributed by atoms with Crippen molar-refractivity contribution >= 4 is 33.5 Å². The average molecular weight is 401 g/mol. The second kappa shape index (κ2) is 7.19. The first-order chi connectivity index (χ1) is 12.0. The standard InChI is InChI=1S/C19H17BrN2O3/c1-22-11-14(10-17(22)23)21-19(25)16-5-3-2-4-15(16)18(24)12-6-8-13(20)9-7-12/h2-9,14H,10-11H2,1H3,(H,21,25). The summed E-state index contributed by atoms with van der Waals surface area (Å²) < 4.78 is 0.880. The largest absolute Gasteiger partial charge is 0.347 e. The third-order valence-corrected chi connectivity index (χ3v) is 4.73. The molecule has 0 radical (unpaired) electrons. The second-order valence-electron chi connectivity index (χ2n) is 6.03. The van der Waals surface area contributed by atoms with Gasteiger partial charge in [-0.1, -0.05) is 34.1 Å². The molecule has 0 spiro atoms. The van der Waals surface area contributed by atoms with Gasteiger partial charge in [0.25, 0.3) is 5.91 Å². The van der Waals surface area contributed by atoms with Crippen LogP contribution < -0.4 is 5.32 Å². The zero-order chi connectivity index (χ0) is 18.0. The topological polar surface area (TPSA) is 66.5 Å². The number of carbonyl (C=O) groups excluding carboxylic acids is 3. The van der Waals surface area contributed by atoms with Crippen molar-refractivity contribution < 1.29 is 14.4 Å². The maximum atomic E-state index is 12.8. The minimum atomic E-state index is -0.339. The number of benzene rings is 2. The van der Waals surface area contributed by atoms with Crippen LogP contribution in [0.1, 0.15) is 32.7 Å². The molecule has 2 amide bonds. The summed E-state index contributed by atoms with van der Waals surface area (Å²) >= 11 is 3.34. The number of likely N-dealkylation sites (tertiary alicyclic amines) is 1. The van der Waals surface area contributed by atoms with Crippen LogP contribution in [-0.4, -0.2) is 42.1 Å². The van der Waals surface area contributed by atoms with Gasteiger partial charge in [-0.25, -0.2) is 0 Å². The van der Waals surface area contributed by atoms with Crippen molar-refractivity contribution in [3.05, 3.63) is 69.7 Å². The van der Waals surface area contributed by atoms with E-state index < -0.39 is 0 Å². The Balaban J connectivity index is 1.83. The lowest BCUT2D eigenvalue weighted by molar-refractivity contribution is -0.126. The molecule has 1 aliphatic rings. The second-order valence-corrected chi connectivity index (χ2v) is 6.95. The molecule has 2 aromatic carbocycles. The number of hydrogen-bond donors (Lipinski definition) is 1. The minimum absolute atomic E-state index is 0.00419. The van der Waals surface area contributed by atoms with Gasteiger partial charge < -0.3 is 10.2 Å². The van der Waals surface area contributed by atoms with Crippen LogP contribution in [0.2, 0.25) is 0 Å². The molecule has 1 N–H and O–H groups in total. The summed E-state index contributed by atoms with van der Waals surface area (Å²) in [6, 6.07) is 13.5. The maximum Gasteiger partial charge on any atom is 0.252 e. The van der Waals surface area contributed by atoms with Gasteiger partial charge in [0.2, 0.25) is 5.91 Å². The lowest BCUT2D eigenvalue weighted by Crippen LogP contribution is -2.37. The van der Waals surface area contributed by atoms with Crippen molar-refractivity contribution in [1.29, 1.82) is 0 Å². The molecule has 0 aliphatic carbocycles. The predicted molar refractivity (Wildman–Crippen MR) is 97.5 cm³/mol. The molecule has 2 aromatic rings. The molecule has 0 saturated carbocycles. The monoisotopic (exact) mass is 400 g/mol. The number of ketones is 1. The molecule has 3 rings (SSSR count). The summed E-state index contributed by atoms with van der Waals surface area (Å²) in [7, 11) is 1.71. The van der Waals surface area contributed by atoms with Gasteiger partial charge in [0.1, 0.15) is 0 Å². The smallest absolute Gasteiger partial charge is 0.252 e. The number of amides is 2. The van der Waals surface area contributed by atoms with Gasteiger partial charge in [-0.05, 0) is 30.3 Å². The molecule has 1 fully saturated rings. The van der Waals surface area contributed by atoms with Gasteiger partial charge in [-0.15, -0.1) is 0 Å². The van der Waals surface area contributed by atoms with Crippen molar-refractivity contribution in [3.63, 3.8) is 0 Å². The molecule has 0 bridgehead atoms. The van der Waals surface area contributed by atoms with Crippen LogP contribution in [0.25, 0.3) is 0 Å². The first kappa shape index (κ1) is 17.4. The Labute approximate surface area is 154 Å². The number of hydrogen-bond acceptors (Lipinski definition) is 3. The molecule has 1 saturated heterocycles. The van der Waals surface area contributed by atoms with E-state index in [-0.39, 0.29) is 30.1 Å². The molecule has 1 unspecified atom stereocenters. The Hall–Kier alpha value is -2.47. The highest BCUT2D eigenvalue weighted by Gasteiger charge is 2.29. The van der Waals surface area contributed by atoms with Gasteiger partial charge in [0.15, 0.2) is 5.78 Å². The van der Waals surface area contributed by atoms with Crippen LogP contribution in [-0.2, 0) is 4.79 Å². The number of halogens is 1. The summed E-state index contributed by atoms with van der Waals surface area (Å²) in [4.78, 5) is 38.6. The number of nitrogens with zero attached hydrogens (tertiary/aromatic N) is 1. The highest BCUT2D eigenvalue weighted by molar-refractivity contribution is 9.10. The summed E-state index contributed by atoms with van der Waals surface area (Å²) in [5.74, 6) is -0.545.